The summed E-state index contributed by atoms with van der Waals surface area (Å²) >= 11 is 12.9. The molecule has 2 nitrogen and oxygen atoms in total. The molecule has 124 valence electrons. The minimum absolute atomic E-state index is 1.00. The van der Waals surface area contributed by atoms with E-state index in [1.165, 1.54) is 5.56 Å². The monoisotopic (exact) mass is 625 g/mol. The molecule has 0 spiro atoms. The molecular formula is C12H15Br4N2NiS2-. The predicted octanol–water partition coefficient (Wildman–Crippen LogP) is 6.06. The number of halogens is 4. The molecule has 0 N–H and O–H groups in total. The van der Waals surface area contributed by atoms with E-state index in [1.807, 2.05) is 6.07 Å². The van der Waals surface area contributed by atoms with Crippen molar-refractivity contribution < 1.29 is 5.30 Å². The molecule has 1 aromatic carbocycles. The van der Waals surface area contributed by atoms with Gasteiger partial charge >= 0.3 is 67.0 Å². The van der Waals surface area contributed by atoms with Crippen LogP contribution >= 0.6 is 77.6 Å². The van der Waals surface area contributed by atoms with Gasteiger partial charge < -0.3 is 0 Å². The quantitative estimate of drug-likeness (QED) is 0.229. The molecule has 0 aliphatic heterocycles. The molecule has 0 fully saturated rings. The van der Waals surface area contributed by atoms with Crippen LogP contribution in [-0.4, -0.2) is 18.1 Å². The molecule has 21 heavy (non-hydrogen) atoms. The van der Waals surface area contributed by atoms with E-state index in [4.69, 9.17) is 0 Å². The Labute approximate surface area is 163 Å². The fourth-order valence-corrected chi connectivity index (χ4v) is 3.86. The van der Waals surface area contributed by atoms with Crippen molar-refractivity contribution in [1.82, 2.24) is 9.56 Å². The first kappa shape index (κ1) is 20.5. The molecule has 2 aromatic rings. The molecule has 1 heterocycles. The van der Waals surface area contributed by atoms with Gasteiger partial charge in [0.05, 0.1) is 13.1 Å². The third kappa shape index (κ3) is 8.72. The average Bonchev–Trinajstić information content (AvgIpc) is 2.89. The van der Waals surface area contributed by atoms with Gasteiger partial charge in [0.2, 0.25) is 5.01 Å². The topological polar surface area (TPSA) is 15.9 Å². The normalized spacial score (nSPS) is 11.5. The van der Waals surface area contributed by atoms with E-state index < -0.39 is 5.30 Å². The molecule has 0 atom stereocenters. The van der Waals surface area contributed by atoms with Crippen LogP contribution in [0.15, 0.2) is 30.3 Å². The van der Waals surface area contributed by atoms with Crippen molar-refractivity contribution in [2.45, 2.75) is 13.8 Å². The van der Waals surface area contributed by atoms with Crippen LogP contribution in [0.1, 0.15) is 13.8 Å². The van der Waals surface area contributed by atoms with Gasteiger partial charge in [0.25, 0.3) is 0 Å². The number of hydrogen-bond donors (Lipinski definition) is 0. The van der Waals surface area contributed by atoms with E-state index in [9.17, 15) is 0 Å². The Morgan fingerprint density at radius 1 is 1.00 bits per heavy atom. The number of benzene rings is 1. The zero-order chi connectivity index (χ0) is 15.9. The van der Waals surface area contributed by atoms with Gasteiger partial charge in [-0.25, -0.2) is 4.58 Å². The van der Waals surface area contributed by atoms with Crippen LogP contribution in [0.5, 0.6) is 0 Å². The molecular weight excluding hydrogens is 615 g/mol. The zero-order valence-corrected chi connectivity index (χ0v) is 20.3. The predicted molar refractivity (Wildman–Crippen MR) is 107 cm³/mol. The molecule has 0 amide bonds. The summed E-state index contributed by atoms with van der Waals surface area (Å²) in [6.07, 6.45) is 0. The summed E-state index contributed by atoms with van der Waals surface area (Å²) in [4.78, 5) is 5.82. The average molecular weight is 630 g/mol. The molecule has 0 aliphatic carbocycles. The zero-order valence-electron chi connectivity index (χ0n) is 11.3. The minimum atomic E-state index is -1.00. The first-order valence-electron chi connectivity index (χ1n) is 5.93. The molecule has 0 saturated carbocycles. The van der Waals surface area contributed by atoms with E-state index >= 15 is 0 Å². The summed E-state index contributed by atoms with van der Waals surface area (Å²) in [7, 11) is 3.51. The van der Waals surface area contributed by atoms with Gasteiger partial charge in [-0.1, -0.05) is 18.2 Å². The van der Waals surface area contributed by atoms with Gasteiger partial charge in [0, 0.05) is 15.9 Å². The maximum absolute atomic E-state index is 4.69. The van der Waals surface area contributed by atoms with Gasteiger partial charge in [-0.05, 0) is 41.3 Å². The van der Waals surface area contributed by atoms with Crippen molar-refractivity contribution in [3.8, 4) is 10.6 Å². The van der Waals surface area contributed by atoms with Gasteiger partial charge in [-0.3, -0.25) is 0 Å². The third-order valence-electron chi connectivity index (χ3n) is 2.45. The number of aromatic nitrogens is 1. The fourth-order valence-electron chi connectivity index (χ4n) is 1.51. The molecule has 0 aliphatic rings. The summed E-state index contributed by atoms with van der Waals surface area (Å²) < 4.78 is 2.29. The van der Waals surface area contributed by atoms with E-state index in [0.717, 1.165) is 22.9 Å². The third-order valence-corrected chi connectivity index (χ3v) is 4.68. The number of nitrogens with zero attached hydrogens (tertiary/aromatic N) is 2. The van der Waals surface area contributed by atoms with Crippen LogP contribution in [0.25, 0.3) is 10.6 Å². The maximum atomic E-state index is 4.69. The number of rotatable bonds is 3. The second kappa shape index (κ2) is 10.3. The fraction of sp³-hybridized carbons (Fsp3) is 0.333. The van der Waals surface area contributed by atoms with Crippen LogP contribution in [0.4, 0.5) is 0 Å². The Balaban J connectivity index is 0.000000383. The van der Waals surface area contributed by atoms with Crippen molar-refractivity contribution >= 4 is 77.6 Å². The van der Waals surface area contributed by atoms with Crippen molar-refractivity contribution in [2.75, 3.05) is 13.1 Å². The molecule has 9 heteroatoms. The van der Waals surface area contributed by atoms with Gasteiger partial charge in [0.1, 0.15) is 0 Å². The van der Waals surface area contributed by atoms with Crippen molar-refractivity contribution in [3.05, 3.63) is 35.1 Å². The molecule has 0 unspecified atom stereocenters. The first-order valence-corrected chi connectivity index (χ1v) is 17.8. The molecule has 1 aromatic heterocycles. The summed E-state index contributed by atoms with van der Waals surface area (Å²) in [5.41, 5.74) is 1.21. The van der Waals surface area contributed by atoms with Crippen LogP contribution in [0.2, 0.25) is 0 Å². The number of hydrogen-bond acceptors (Lipinski definition) is 3. The van der Waals surface area contributed by atoms with E-state index in [1.54, 1.807) is 20.7 Å². The summed E-state index contributed by atoms with van der Waals surface area (Å²) in [6, 6.07) is 10.4. The standard InChI is InChI=1S/C12H15N2S2.4BrH.Ni/c1-3-14(4-2)12-13-11(15-16-12)10-8-6-5-7-9-10;;;;;/h5-9H,3-4H2,1-2H3;4*1H;/q+1;;;;;+2/p-4. The van der Waals surface area contributed by atoms with Crippen LogP contribution in [-0.2, 0) is 5.30 Å². The van der Waals surface area contributed by atoms with E-state index in [0.29, 0.717) is 0 Å². The van der Waals surface area contributed by atoms with Crippen LogP contribution < -0.4 is 9.38 Å². The van der Waals surface area contributed by atoms with Gasteiger partial charge in [-0.15, -0.1) is 0 Å². The van der Waals surface area contributed by atoms with Crippen molar-refractivity contribution in [1.29, 1.82) is 0 Å². The molecule has 2 rings (SSSR count). The Kier molecular flexibility index (Phi) is 10.0. The van der Waals surface area contributed by atoms with Gasteiger partial charge in [0.15, 0.2) is 0 Å². The Morgan fingerprint density at radius 2 is 1.52 bits per heavy atom. The SMILES string of the molecule is CC[N+](CC)=c1nc(-c2ccccc2)ss1.[Br][Ni-2]([Br])([Br])[Br]. The van der Waals surface area contributed by atoms with Crippen LogP contribution in [0.3, 0.4) is 0 Å². The Morgan fingerprint density at radius 3 is 2.00 bits per heavy atom. The summed E-state index contributed by atoms with van der Waals surface area (Å²) in [5.74, 6) is 0. The van der Waals surface area contributed by atoms with Crippen LogP contribution in [0, 0.1) is 0 Å². The second-order valence-corrected chi connectivity index (χ2v) is 35.7. The first-order chi connectivity index (χ1) is 9.85. The van der Waals surface area contributed by atoms with E-state index in [2.05, 4.69) is 105 Å². The molecule has 0 bridgehead atoms. The molecule has 0 radical (unpaired) electrons. The summed E-state index contributed by atoms with van der Waals surface area (Å²) in [6.45, 7) is 6.37. The summed E-state index contributed by atoms with van der Waals surface area (Å²) in [5, 5.41) is 0.118. The van der Waals surface area contributed by atoms with Crippen molar-refractivity contribution in [2.24, 2.45) is 0 Å². The van der Waals surface area contributed by atoms with Gasteiger partial charge in [-0.2, -0.15) is 0 Å². The second-order valence-electron chi connectivity index (χ2n) is 3.68. The van der Waals surface area contributed by atoms with E-state index in [-0.39, 0.29) is 0 Å². The molecule has 0 saturated heterocycles. The van der Waals surface area contributed by atoms with Crippen molar-refractivity contribution in [3.63, 3.8) is 0 Å². The Bertz CT molecular complexity index is 595. The Hall–Kier alpha value is 1.41.